The minimum atomic E-state index is 0.404. The molecule has 17 heavy (non-hydrogen) atoms. The first kappa shape index (κ1) is 10.6. The van der Waals surface area contributed by atoms with Gasteiger partial charge in [-0.2, -0.15) is 0 Å². The van der Waals surface area contributed by atoms with Crippen LogP contribution in [0.4, 0.5) is 5.69 Å². The molecule has 2 unspecified atom stereocenters. The molecule has 0 spiro atoms. The van der Waals surface area contributed by atoms with E-state index in [1.54, 1.807) is 5.57 Å². The molecule has 2 aliphatic rings. The van der Waals surface area contributed by atoms with Crippen LogP contribution in [0.3, 0.4) is 0 Å². The highest BCUT2D eigenvalue weighted by Gasteiger charge is 2.39. The van der Waals surface area contributed by atoms with Gasteiger partial charge in [-0.25, -0.2) is 0 Å². The Balaban J connectivity index is 1.73. The maximum Gasteiger partial charge on any atom is 0.0342 e. The van der Waals surface area contributed by atoms with E-state index in [2.05, 4.69) is 60.8 Å². The van der Waals surface area contributed by atoms with Crippen LogP contribution < -0.4 is 5.32 Å². The quantitative estimate of drug-likeness (QED) is 0.797. The second-order valence-corrected chi connectivity index (χ2v) is 5.50. The summed E-state index contributed by atoms with van der Waals surface area (Å²) in [5, 5.41) is 3.65. The highest BCUT2D eigenvalue weighted by atomic mass is 14.9. The van der Waals surface area contributed by atoms with E-state index < -0.39 is 0 Å². The highest BCUT2D eigenvalue weighted by molar-refractivity contribution is 5.45. The van der Waals surface area contributed by atoms with E-state index in [9.17, 15) is 0 Å². The number of para-hydroxylation sites is 1. The van der Waals surface area contributed by atoms with Crippen LogP contribution in [0.15, 0.2) is 54.1 Å². The average molecular weight is 225 g/mol. The Labute approximate surface area is 103 Å². The van der Waals surface area contributed by atoms with Crippen molar-refractivity contribution in [1.29, 1.82) is 0 Å². The van der Waals surface area contributed by atoms with Gasteiger partial charge >= 0.3 is 0 Å². The molecule has 1 saturated carbocycles. The number of hydrogen-bond donors (Lipinski definition) is 1. The van der Waals surface area contributed by atoms with Crippen LogP contribution in [0.25, 0.3) is 0 Å². The Bertz CT molecular complexity index is 458. The monoisotopic (exact) mass is 225 g/mol. The summed E-state index contributed by atoms with van der Waals surface area (Å²) >= 11 is 0. The lowest BCUT2D eigenvalue weighted by Crippen LogP contribution is -2.19. The molecule has 2 atom stereocenters. The van der Waals surface area contributed by atoms with E-state index in [-0.39, 0.29) is 0 Å². The number of hydrogen-bond acceptors (Lipinski definition) is 1. The van der Waals surface area contributed by atoms with Crippen molar-refractivity contribution in [3.63, 3.8) is 0 Å². The Kier molecular flexibility index (Phi) is 2.54. The predicted octanol–water partition coefficient (Wildman–Crippen LogP) is 4.15. The molecular formula is C16H19N. The molecule has 0 aromatic heterocycles. The summed E-state index contributed by atoms with van der Waals surface area (Å²) in [5.74, 6) is 0. The second kappa shape index (κ2) is 4.06. The minimum Gasteiger partial charge on any atom is -0.382 e. The fraction of sp³-hybridized carbons (Fsp3) is 0.375. The lowest BCUT2D eigenvalue weighted by atomic mass is 9.79. The minimum absolute atomic E-state index is 0.404. The number of fused-ring (bicyclic) bond motifs is 1. The van der Waals surface area contributed by atoms with Gasteiger partial charge in [-0.05, 0) is 36.8 Å². The van der Waals surface area contributed by atoms with Crippen LogP contribution in [0.5, 0.6) is 0 Å². The van der Waals surface area contributed by atoms with E-state index in [1.165, 1.54) is 24.9 Å². The third-order valence-electron chi connectivity index (χ3n) is 4.08. The number of benzene rings is 1. The van der Waals surface area contributed by atoms with Gasteiger partial charge in [-0.1, -0.05) is 48.9 Å². The zero-order valence-electron chi connectivity index (χ0n) is 10.3. The van der Waals surface area contributed by atoms with Gasteiger partial charge in [0, 0.05) is 11.7 Å². The molecular weight excluding hydrogens is 206 g/mol. The molecule has 0 bridgehead atoms. The fourth-order valence-electron chi connectivity index (χ4n) is 3.13. The molecule has 1 nitrogen and oxygen atoms in total. The van der Waals surface area contributed by atoms with Crippen LogP contribution in [0.1, 0.15) is 26.2 Å². The number of allylic oxidation sites excluding steroid dienone is 3. The Morgan fingerprint density at radius 1 is 1.24 bits per heavy atom. The van der Waals surface area contributed by atoms with Crippen molar-refractivity contribution in [2.75, 3.05) is 5.32 Å². The summed E-state index contributed by atoms with van der Waals surface area (Å²) in [6, 6.07) is 11.1. The van der Waals surface area contributed by atoms with Crippen molar-refractivity contribution in [3.8, 4) is 0 Å². The van der Waals surface area contributed by atoms with Gasteiger partial charge in [0.25, 0.3) is 0 Å². The van der Waals surface area contributed by atoms with Gasteiger partial charge in [0.1, 0.15) is 0 Å². The zero-order valence-corrected chi connectivity index (χ0v) is 10.3. The highest BCUT2D eigenvalue weighted by Crippen LogP contribution is 2.47. The standard InChI is InChI=1S/C16H19N/c1-16-10-6-5-7-13(16)11-15(12-16)17-14-8-3-2-4-9-14/h2-9,15,17H,10-12H2,1H3. The van der Waals surface area contributed by atoms with Gasteiger partial charge in [-0.15, -0.1) is 0 Å². The number of rotatable bonds is 2. The van der Waals surface area contributed by atoms with Crippen LogP contribution >= 0.6 is 0 Å². The molecule has 0 aliphatic heterocycles. The molecule has 88 valence electrons. The lowest BCUT2D eigenvalue weighted by molar-refractivity contribution is 0.404. The fourth-order valence-corrected chi connectivity index (χ4v) is 3.13. The largest absolute Gasteiger partial charge is 0.382 e. The van der Waals surface area contributed by atoms with Crippen molar-refractivity contribution < 1.29 is 0 Å². The van der Waals surface area contributed by atoms with Crippen molar-refractivity contribution in [2.24, 2.45) is 5.41 Å². The Morgan fingerprint density at radius 2 is 2.06 bits per heavy atom. The van der Waals surface area contributed by atoms with E-state index in [4.69, 9.17) is 0 Å². The summed E-state index contributed by atoms with van der Waals surface area (Å²) in [6.45, 7) is 2.40. The summed E-state index contributed by atoms with van der Waals surface area (Å²) in [7, 11) is 0. The molecule has 0 amide bonds. The molecule has 1 aromatic rings. The molecule has 3 rings (SSSR count). The Hall–Kier alpha value is -1.50. The summed E-state index contributed by atoms with van der Waals surface area (Å²) in [4.78, 5) is 0. The van der Waals surface area contributed by atoms with Crippen molar-refractivity contribution in [1.82, 2.24) is 0 Å². The Morgan fingerprint density at radius 3 is 2.82 bits per heavy atom. The van der Waals surface area contributed by atoms with Gasteiger partial charge < -0.3 is 5.32 Å². The average Bonchev–Trinajstić information content (AvgIpc) is 2.66. The van der Waals surface area contributed by atoms with E-state index in [0.29, 0.717) is 11.5 Å². The summed E-state index contributed by atoms with van der Waals surface area (Å²) in [6.07, 6.45) is 10.5. The van der Waals surface area contributed by atoms with Crippen LogP contribution in [0.2, 0.25) is 0 Å². The van der Waals surface area contributed by atoms with Gasteiger partial charge in [-0.3, -0.25) is 0 Å². The van der Waals surface area contributed by atoms with Crippen LogP contribution in [-0.2, 0) is 0 Å². The van der Waals surface area contributed by atoms with Crippen molar-refractivity contribution in [2.45, 2.75) is 32.2 Å². The van der Waals surface area contributed by atoms with E-state index in [0.717, 1.165) is 0 Å². The predicted molar refractivity (Wildman–Crippen MR) is 73.0 cm³/mol. The van der Waals surface area contributed by atoms with Gasteiger partial charge in [0.15, 0.2) is 0 Å². The number of nitrogens with one attached hydrogen (secondary N) is 1. The molecule has 1 fully saturated rings. The first-order chi connectivity index (χ1) is 8.26. The third-order valence-corrected chi connectivity index (χ3v) is 4.08. The maximum absolute atomic E-state index is 3.65. The first-order valence-corrected chi connectivity index (χ1v) is 6.44. The van der Waals surface area contributed by atoms with Crippen molar-refractivity contribution >= 4 is 5.69 Å². The van der Waals surface area contributed by atoms with Gasteiger partial charge in [0.05, 0.1) is 0 Å². The third kappa shape index (κ3) is 2.02. The summed E-state index contributed by atoms with van der Waals surface area (Å²) < 4.78 is 0. The van der Waals surface area contributed by atoms with Crippen molar-refractivity contribution in [3.05, 3.63) is 54.1 Å². The second-order valence-electron chi connectivity index (χ2n) is 5.50. The zero-order chi connectivity index (χ0) is 11.7. The van der Waals surface area contributed by atoms with E-state index in [1.807, 2.05) is 0 Å². The van der Waals surface area contributed by atoms with Crippen LogP contribution in [-0.4, -0.2) is 6.04 Å². The molecule has 0 saturated heterocycles. The maximum atomic E-state index is 3.65. The lowest BCUT2D eigenvalue weighted by Gasteiger charge is -2.26. The molecule has 0 radical (unpaired) electrons. The molecule has 1 N–H and O–H groups in total. The first-order valence-electron chi connectivity index (χ1n) is 6.44. The van der Waals surface area contributed by atoms with E-state index >= 15 is 0 Å². The normalized spacial score (nSPS) is 30.9. The number of anilines is 1. The smallest absolute Gasteiger partial charge is 0.0342 e. The topological polar surface area (TPSA) is 12.0 Å². The molecule has 0 heterocycles. The SMILES string of the molecule is CC12CC=CC=C1CC(Nc1ccccc1)C2. The molecule has 1 heteroatoms. The van der Waals surface area contributed by atoms with Crippen LogP contribution in [0, 0.1) is 5.41 Å². The molecule has 2 aliphatic carbocycles. The van der Waals surface area contributed by atoms with Gasteiger partial charge in [0.2, 0.25) is 0 Å². The molecule has 1 aromatic carbocycles. The summed E-state index contributed by atoms with van der Waals surface area (Å²) in [5.41, 5.74) is 3.27.